The van der Waals surface area contributed by atoms with E-state index in [2.05, 4.69) is 67.1 Å². The fourth-order valence-electron chi connectivity index (χ4n) is 1.55. The van der Waals surface area contributed by atoms with Gasteiger partial charge < -0.3 is 5.32 Å². The Balaban J connectivity index is 2.16. The number of halogens is 2. The molecular weight excluding hydrogens is 407 g/mol. The standard InChI is InChI=1S/C12H14BrIN4/c1-2-5-15-7-10-8-18(17-16-10)12-6-9(13)3-4-11(12)14/h3-4,6,8,15H,2,5,7H2,1H3. The van der Waals surface area contributed by atoms with Gasteiger partial charge in [-0.05, 0) is 53.8 Å². The van der Waals surface area contributed by atoms with Gasteiger partial charge >= 0.3 is 0 Å². The molecule has 6 heteroatoms. The van der Waals surface area contributed by atoms with Gasteiger partial charge in [0, 0.05) is 14.6 Å². The molecule has 0 atom stereocenters. The lowest BCUT2D eigenvalue weighted by Crippen LogP contribution is -2.13. The molecule has 0 bridgehead atoms. The number of nitrogens with one attached hydrogen (secondary N) is 1. The highest BCUT2D eigenvalue weighted by molar-refractivity contribution is 14.1. The smallest absolute Gasteiger partial charge is 0.0969 e. The second-order valence-electron chi connectivity index (χ2n) is 3.93. The van der Waals surface area contributed by atoms with E-state index in [1.807, 2.05) is 23.0 Å². The van der Waals surface area contributed by atoms with Gasteiger partial charge in [0.05, 0.1) is 17.6 Å². The van der Waals surface area contributed by atoms with E-state index in [-0.39, 0.29) is 0 Å². The van der Waals surface area contributed by atoms with Crippen molar-refractivity contribution in [2.24, 2.45) is 0 Å². The minimum atomic E-state index is 0.762. The van der Waals surface area contributed by atoms with Gasteiger partial charge in [-0.1, -0.05) is 28.1 Å². The lowest BCUT2D eigenvalue weighted by molar-refractivity contribution is 0.662. The molecule has 0 spiro atoms. The van der Waals surface area contributed by atoms with Crippen molar-refractivity contribution in [3.05, 3.63) is 38.1 Å². The Labute approximate surface area is 128 Å². The first kappa shape index (κ1) is 14.0. The predicted molar refractivity (Wildman–Crippen MR) is 83.8 cm³/mol. The number of benzene rings is 1. The van der Waals surface area contributed by atoms with E-state index in [1.165, 1.54) is 0 Å². The molecule has 4 nitrogen and oxygen atoms in total. The second kappa shape index (κ2) is 6.63. The van der Waals surface area contributed by atoms with Crippen LogP contribution in [0.25, 0.3) is 5.69 Å². The largest absolute Gasteiger partial charge is 0.311 e. The van der Waals surface area contributed by atoms with Crippen molar-refractivity contribution in [2.75, 3.05) is 6.54 Å². The maximum atomic E-state index is 4.17. The Morgan fingerprint density at radius 3 is 3.06 bits per heavy atom. The average molecular weight is 421 g/mol. The Morgan fingerprint density at radius 2 is 2.28 bits per heavy atom. The summed E-state index contributed by atoms with van der Waals surface area (Å²) in [6.45, 7) is 3.91. The van der Waals surface area contributed by atoms with Crippen LogP contribution in [-0.2, 0) is 6.54 Å². The first-order valence-electron chi connectivity index (χ1n) is 5.78. The lowest BCUT2D eigenvalue weighted by Gasteiger charge is -2.03. The summed E-state index contributed by atoms with van der Waals surface area (Å²) in [6.07, 6.45) is 3.09. The van der Waals surface area contributed by atoms with Gasteiger partial charge in [0.1, 0.15) is 0 Å². The van der Waals surface area contributed by atoms with Gasteiger partial charge in [-0.25, -0.2) is 4.68 Å². The maximum Gasteiger partial charge on any atom is 0.0969 e. The van der Waals surface area contributed by atoms with Crippen LogP contribution >= 0.6 is 38.5 Å². The average Bonchev–Trinajstić information content (AvgIpc) is 2.81. The van der Waals surface area contributed by atoms with Crippen molar-refractivity contribution in [3.63, 3.8) is 0 Å². The number of rotatable bonds is 5. The lowest BCUT2D eigenvalue weighted by atomic mass is 10.3. The zero-order valence-corrected chi connectivity index (χ0v) is 13.8. The Hall–Kier alpha value is -0.470. The molecule has 0 unspecified atom stereocenters. The predicted octanol–water partition coefficient (Wildman–Crippen LogP) is 3.13. The fourth-order valence-corrected chi connectivity index (χ4v) is 2.48. The summed E-state index contributed by atoms with van der Waals surface area (Å²) < 4.78 is 4.00. The molecule has 96 valence electrons. The molecule has 1 N–H and O–H groups in total. The number of hydrogen-bond donors (Lipinski definition) is 1. The summed E-state index contributed by atoms with van der Waals surface area (Å²) >= 11 is 5.77. The summed E-state index contributed by atoms with van der Waals surface area (Å²) in [5.41, 5.74) is 2.00. The highest BCUT2D eigenvalue weighted by Crippen LogP contribution is 2.21. The monoisotopic (exact) mass is 420 g/mol. The van der Waals surface area contributed by atoms with Crippen molar-refractivity contribution >= 4 is 38.5 Å². The topological polar surface area (TPSA) is 42.7 Å². The quantitative estimate of drug-likeness (QED) is 0.596. The van der Waals surface area contributed by atoms with Gasteiger partial charge in [0.25, 0.3) is 0 Å². The van der Waals surface area contributed by atoms with Crippen molar-refractivity contribution in [3.8, 4) is 5.69 Å². The van der Waals surface area contributed by atoms with E-state index in [4.69, 9.17) is 0 Å². The third-order valence-electron chi connectivity index (χ3n) is 2.43. The molecule has 1 heterocycles. The van der Waals surface area contributed by atoms with Crippen molar-refractivity contribution < 1.29 is 0 Å². The van der Waals surface area contributed by atoms with E-state index in [9.17, 15) is 0 Å². The van der Waals surface area contributed by atoms with Crippen molar-refractivity contribution in [1.82, 2.24) is 20.3 Å². The summed E-state index contributed by atoms with van der Waals surface area (Å²) in [6, 6.07) is 6.11. The molecule has 18 heavy (non-hydrogen) atoms. The van der Waals surface area contributed by atoms with E-state index >= 15 is 0 Å². The normalized spacial score (nSPS) is 10.8. The molecule has 0 aliphatic carbocycles. The number of hydrogen-bond acceptors (Lipinski definition) is 3. The molecule has 0 radical (unpaired) electrons. The molecule has 0 aliphatic rings. The molecule has 2 aromatic rings. The molecule has 1 aromatic heterocycles. The minimum Gasteiger partial charge on any atom is -0.311 e. The van der Waals surface area contributed by atoms with Gasteiger partial charge in [-0.15, -0.1) is 5.10 Å². The molecule has 0 saturated heterocycles. The van der Waals surface area contributed by atoms with Crippen molar-refractivity contribution in [1.29, 1.82) is 0 Å². The third kappa shape index (κ3) is 3.52. The second-order valence-corrected chi connectivity index (χ2v) is 6.00. The summed E-state index contributed by atoms with van der Waals surface area (Å²) in [5, 5.41) is 11.7. The van der Waals surface area contributed by atoms with Gasteiger partial charge in [0.2, 0.25) is 0 Å². The van der Waals surface area contributed by atoms with E-state index in [0.717, 1.165) is 38.9 Å². The number of aromatic nitrogens is 3. The first-order chi connectivity index (χ1) is 8.70. The summed E-state index contributed by atoms with van der Waals surface area (Å²) in [4.78, 5) is 0. The minimum absolute atomic E-state index is 0.762. The van der Waals surface area contributed by atoms with Crippen LogP contribution in [0.2, 0.25) is 0 Å². The summed E-state index contributed by atoms with van der Waals surface area (Å²) in [7, 11) is 0. The van der Waals surface area contributed by atoms with Gasteiger partial charge in [-0.3, -0.25) is 0 Å². The molecule has 0 aliphatic heterocycles. The van der Waals surface area contributed by atoms with Gasteiger partial charge in [0.15, 0.2) is 0 Å². The SMILES string of the molecule is CCCNCc1cn(-c2cc(Br)ccc2I)nn1. The van der Waals surface area contributed by atoms with E-state index in [0.29, 0.717) is 0 Å². The Kier molecular flexibility index (Phi) is 5.13. The zero-order chi connectivity index (χ0) is 13.0. The van der Waals surface area contributed by atoms with Crippen molar-refractivity contribution in [2.45, 2.75) is 19.9 Å². The van der Waals surface area contributed by atoms with Crippen LogP contribution in [-0.4, -0.2) is 21.5 Å². The zero-order valence-electron chi connectivity index (χ0n) is 10.0. The maximum absolute atomic E-state index is 4.17. The highest BCUT2D eigenvalue weighted by atomic mass is 127. The number of nitrogens with zero attached hydrogens (tertiary/aromatic N) is 3. The molecule has 2 rings (SSSR count). The third-order valence-corrected chi connectivity index (χ3v) is 3.83. The van der Waals surface area contributed by atoms with Crippen LogP contribution in [0.1, 0.15) is 19.0 Å². The fraction of sp³-hybridized carbons (Fsp3) is 0.333. The van der Waals surface area contributed by atoms with Crippen LogP contribution in [0.15, 0.2) is 28.9 Å². The molecular formula is C12H14BrIN4. The van der Waals surface area contributed by atoms with E-state index in [1.54, 1.807) is 0 Å². The molecule has 0 amide bonds. The summed E-state index contributed by atoms with van der Waals surface area (Å²) in [5.74, 6) is 0. The van der Waals surface area contributed by atoms with Gasteiger partial charge in [-0.2, -0.15) is 0 Å². The Bertz CT molecular complexity index is 527. The van der Waals surface area contributed by atoms with Crippen LogP contribution in [0.3, 0.4) is 0 Å². The molecule has 0 fully saturated rings. The van der Waals surface area contributed by atoms with Crippen LogP contribution in [0.5, 0.6) is 0 Å². The van der Waals surface area contributed by atoms with E-state index < -0.39 is 0 Å². The first-order valence-corrected chi connectivity index (χ1v) is 7.65. The van der Waals surface area contributed by atoms with Crippen LogP contribution in [0, 0.1) is 3.57 Å². The Morgan fingerprint density at radius 1 is 1.44 bits per heavy atom. The molecule has 1 aromatic carbocycles. The highest BCUT2D eigenvalue weighted by Gasteiger charge is 2.06. The van der Waals surface area contributed by atoms with Crippen LogP contribution in [0.4, 0.5) is 0 Å². The van der Waals surface area contributed by atoms with Crippen LogP contribution < -0.4 is 5.32 Å². The molecule has 0 saturated carbocycles.